The first-order valence-electron chi connectivity index (χ1n) is 19.8. The molecule has 11 rings (SSSR count). The van der Waals surface area contributed by atoms with Crippen LogP contribution in [0.4, 0.5) is 0 Å². The molecule has 2 heterocycles. The molecule has 0 saturated carbocycles. The predicted octanol–water partition coefficient (Wildman–Crippen LogP) is 14.1. The molecule has 4 heteroatoms. The topological polar surface area (TPSA) is 51.8 Å². The summed E-state index contributed by atoms with van der Waals surface area (Å²) in [5, 5.41) is 2.16. The highest BCUT2D eigenvalue weighted by Gasteiger charge is 2.38. The van der Waals surface area contributed by atoms with E-state index < -0.39 is 0 Å². The Morgan fingerprint density at radius 3 is 1.67 bits per heavy atom. The zero-order chi connectivity index (χ0) is 38.8. The molecule has 274 valence electrons. The highest BCUT2D eigenvalue weighted by molar-refractivity contribution is 6.13. The summed E-state index contributed by atoms with van der Waals surface area (Å²) in [6.07, 6.45) is 0. The highest BCUT2D eigenvalue weighted by Crippen LogP contribution is 2.52. The fourth-order valence-electron chi connectivity index (χ4n) is 8.93. The van der Waals surface area contributed by atoms with E-state index in [1.54, 1.807) is 0 Å². The molecular formula is C54H37N3O. The van der Waals surface area contributed by atoms with Crippen LogP contribution in [0.15, 0.2) is 192 Å². The van der Waals surface area contributed by atoms with Crippen LogP contribution in [0.3, 0.4) is 0 Å². The summed E-state index contributed by atoms with van der Waals surface area (Å²) in [6.45, 7) is 4.60. The quantitative estimate of drug-likeness (QED) is 0.170. The van der Waals surface area contributed by atoms with E-state index in [4.69, 9.17) is 19.4 Å². The van der Waals surface area contributed by atoms with Crippen LogP contribution in [0.2, 0.25) is 0 Å². The summed E-state index contributed by atoms with van der Waals surface area (Å²) < 4.78 is 6.55. The summed E-state index contributed by atoms with van der Waals surface area (Å²) in [5.41, 5.74) is 16.2. The number of benzene rings is 8. The van der Waals surface area contributed by atoms with Gasteiger partial charge in [-0.3, -0.25) is 0 Å². The van der Waals surface area contributed by atoms with E-state index in [9.17, 15) is 0 Å². The second-order valence-corrected chi connectivity index (χ2v) is 15.6. The first-order chi connectivity index (χ1) is 28.5. The van der Waals surface area contributed by atoms with Crippen molar-refractivity contribution < 1.29 is 4.42 Å². The third kappa shape index (κ3) is 5.56. The minimum absolute atomic E-state index is 0.241. The second-order valence-electron chi connectivity index (χ2n) is 15.6. The minimum Gasteiger partial charge on any atom is -0.456 e. The Hall–Kier alpha value is -7.43. The van der Waals surface area contributed by atoms with Crippen molar-refractivity contribution in [1.29, 1.82) is 0 Å². The maximum Gasteiger partial charge on any atom is 0.164 e. The number of aromatic nitrogens is 3. The predicted molar refractivity (Wildman–Crippen MR) is 237 cm³/mol. The molecular weight excluding hydrogens is 707 g/mol. The molecule has 0 fully saturated rings. The Kier molecular flexibility index (Phi) is 7.80. The molecule has 0 atom stereocenters. The van der Waals surface area contributed by atoms with E-state index in [1.165, 1.54) is 33.4 Å². The maximum atomic E-state index is 6.55. The van der Waals surface area contributed by atoms with Crippen LogP contribution in [0.5, 0.6) is 0 Å². The molecule has 1 aliphatic rings. The van der Waals surface area contributed by atoms with Crippen LogP contribution in [0, 0.1) is 0 Å². The van der Waals surface area contributed by atoms with Crippen LogP contribution in [-0.4, -0.2) is 15.0 Å². The summed E-state index contributed by atoms with van der Waals surface area (Å²) in [7, 11) is 0. The molecule has 0 unspecified atom stereocenters. The van der Waals surface area contributed by atoms with Gasteiger partial charge in [-0.25, -0.2) is 15.0 Å². The fourth-order valence-corrected chi connectivity index (χ4v) is 8.93. The van der Waals surface area contributed by atoms with Crippen LogP contribution in [0.1, 0.15) is 25.0 Å². The van der Waals surface area contributed by atoms with E-state index in [1.807, 2.05) is 18.2 Å². The third-order valence-electron chi connectivity index (χ3n) is 11.7. The third-order valence-corrected chi connectivity index (χ3v) is 11.7. The molecule has 2 aromatic heterocycles. The summed E-state index contributed by atoms with van der Waals surface area (Å²) in [6, 6.07) is 66.0. The van der Waals surface area contributed by atoms with E-state index in [0.717, 1.165) is 60.9 Å². The molecule has 1 aliphatic carbocycles. The molecule has 8 aromatic carbocycles. The van der Waals surface area contributed by atoms with Gasteiger partial charge in [0.1, 0.15) is 11.2 Å². The molecule has 0 saturated heterocycles. The average Bonchev–Trinajstić information content (AvgIpc) is 3.78. The van der Waals surface area contributed by atoms with Crippen molar-refractivity contribution in [2.24, 2.45) is 0 Å². The van der Waals surface area contributed by atoms with Gasteiger partial charge in [0.05, 0.1) is 0 Å². The molecule has 0 N–H and O–H groups in total. The van der Waals surface area contributed by atoms with Gasteiger partial charge >= 0.3 is 0 Å². The number of hydrogen-bond acceptors (Lipinski definition) is 4. The Balaban J connectivity index is 1.06. The van der Waals surface area contributed by atoms with Crippen molar-refractivity contribution in [3.63, 3.8) is 0 Å². The minimum atomic E-state index is -0.241. The van der Waals surface area contributed by atoms with Gasteiger partial charge in [0.2, 0.25) is 0 Å². The Morgan fingerprint density at radius 2 is 0.897 bits per heavy atom. The van der Waals surface area contributed by atoms with Crippen molar-refractivity contribution >= 4 is 21.9 Å². The van der Waals surface area contributed by atoms with Crippen molar-refractivity contribution in [2.75, 3.05) is 0 Å². The lowest BCUT2D eigenvalue weighted by Crippen LogP contribution is -2.17. The van der Waals surface area contributed by atoms with Crippen LogP contribution >= 0.6 is 0 Å². The highest BCUT2D eigenvalue weighted by atomic mass is 16.3. The summed E-state index contributed by atoms with van der Waals surface area (Å²) in [4.78, 5) is 15.7. The molecule has 0 bridgehead atoms. The lowest BCUT2D eigenvalue weighted by Gasteiger charge is -2.24. The van der Waals surface area contributed by atoms with Gasteiger partial charge in [-0.15, -0.1) is 0 Å². The SMILES string of the molecule is CC1(C)c2ccccc2-c2cccc(-c3nc(-c4ccc(-c5cccc(-c6ccccc6)c5)cc4)nc(-c4ccc5c(c4)oc4cccc(-c6ccccc6)c45)n3)c21. The van der Waals surface area contributed by atoms with Crippen LogP contribution < -0.4 is 0 Å². The van der Waals surface area contributed by atoms with Gasteiger partial charge in [0.25, 0.3) is 0 Å². The molecule has 10 aromatic rings. The lowest BCUT2D eigenvalue weighted by atomic mass is 9.80. The van der Waals surface area contributed by atoms with Crippen molar-refractivity contribution in [3.8, 4) is 78.7 Å². The first-order valence-corrected chi connectivity index (χ1v) is 19.8. The molecule has 4 nitrogen and oxygen atoms in total. The van der Waals surface area contributed by atoms with Gasteiger partial charge < -0.3 is 4.42 Å². The Bertz CT molecular complexity index is 3180. The summed E-state index contributed by atoms with van der Waals surface area (Å²) >= 11 is 0. The van der Waals surface area contributed by atoms with E-state index in [0.29, 0.717) is 17.5 Å². The van der Waals surface area contributed by atoms with Crippen LogP contribution in [0.25, 0.3) is 101 Å². The van der Waals surface area contributed by atoms with E-state index in [-0.39, 0.29) is 5.41 Å². The molecule has 0 spiro atoms. The Labute approximate surface area is 337 Å². The van der Waals surface area contributed by atoms with E-state index in [2.05, 4.69) is 184 Å². The zero-order valence-electron chi connectivity index (χ0n) is 32.1. The van der Waals surface area contributed by atoms with Gasteiger partial charge in [0, 0.05) is 32.9 Å². The maximum absolute atomic E-state index is 6.55. The zero-order valence-corrected chi connectivity index (χ0v) is 32.1. The smallest absolute Gasteiger partial charge is 0.164 e. The van der Waals surface area contributed by atoms with Gasteiger partial charge in [0.15, 0.2) is 17.5 Å². The van der Waals surface area contributed by atoms with Crippen molar-refractivity contribution in [3.05, 3.63) is 199 Å². The van der Waals surface area contributed by atoms with Crippen molar-refractivity contribution in [1.82, 2.24) is 15.0 Å². The Morgan fingerprint density at radius 1 is 0.362 bits per heavy atom. The van der Waals surface area contributed by atoms with Crippen molar-refractivity contribution in [2.45, 2.75) is 19.3 Å². The van der Waals surface area contributed by atoms with E-state index >= 15 is 0 Å². The van der Waals surface area contributed by atoms with Crippen LogP contribution in [-0.2, 0) is 5.41 Å². The summed E-state index contributed by atoms with van der Waals surface area (Å²) in [5.74, 6) is 1.86. The normalized spacial score (nSPS) is 12.8. The molecule has 58 heavy (non-hydrogen) atoms. The average molecular weight is 744 g/mol. The number of nitrogens with zero attached hydrogens (tertiary/aromatic N) is 3. The van der Waals surface area contributed by atoms with Gasteiger partial charge in [-0.1, -0.05) is 178 Å². The monoisotopic (exact) mass is 743 g/mol. The number of fused-ring (bicyclic) bond motifs is 6. The second kappa shape index (κ2) is 13.4. The number of rotatable bonds is 6. The molecule has 0 amide bonds. The molecule has 0 radical (unpaired) electrons. The first kappa shape index (κ1) is 33.9. The number of hydrogen-bond donors (Lipinski definition) is 0. The lowest BCUT2D eigenvalue weighted by molar-refractivity contribution is 0.661. The largest absolute Gasteiger partial charge is 0.456 e. The molecule has 0 aliphatic heterocycles. The van der Waals surface area contributed by atoms with Gasteiger partial charge in [-0.2, -0.15) is 0 Å². The number of furan rings is 1. The van der Waals surface area contributed by atoms with Gasteiger partial charge in [-0.05, 0) is 79.9 Å². The fraction of sp³-hybridized carbons (Fsp3) is 0.0556. The standard InChI is InChI=1S/C54H37N3O/c1-54(2)46-24-10-9-20-42(46)43-22-12-23-45(50(43)54)53-56-51(37-28-26-35(27-29-37)39-19-11-18-38(32-39)34-14-5-3-6-15-34)55-52(57-53)40-30-31-44-48(33-40)58-47-25-13-21-41(49(44)47)36-16-7-4-8-17-36/h3-33H,1-2H3.